The molecule has 0 spiro atoms. The van der Waals surface area contributed by atoms with Gasteiger partial charge in [0, 0.05) is 13.6 Å². The predicted octanol–water partition coefficient (Wildman–Crippen LogP) is 1.67. The van der Waals surface area contributed by atoms with Crippen molar-refractivity contribution in [3.63, 3.8) is 0 Å². The van der Waals surface area contributed by atoms with E-state index >= 15 is 0 Å². The van der Waals surface area contributed by atoms with Crippen molar-refractivity contribution in [3.05, 3.63) is 40.2 Å². The molecule has 0 fully saturated rings. The van der Waals surface area contributed by atoms with Crippen molar-refractivity contribution >= 4 is 11.6 Å². The fourth-order valence-corrected chi connectivity index (χ4v) is 1.99. The van der Waals surface area contributed by atoms with Gasteiger partial charge in [0.25, 0.3) is 0 Å². The van der Waals surface area contributed by atoms with Gasteiger partial charge in [0.1, 0.15) is 0 Å². The zero-order valence-corrected chi connectivity index (χ0v) is 10.7. The monoisotopic (exact) mass is 276 g/mol. The first-order chi connectivity index (χ1) is 9.65. The Bertz CT molecular complexity index is 667. The van der Waals surface area contributed by atoms with Crippen LogP contribution in [0, 0.1) is 10.1 Å². The molecule has 0 amide bonds. The Hall–Kier alpha value is -2.77. The Kier molecular flexibility index (Phi) is 2.90. The normalized spacial score (nSPS) is 12.4. The lowest BCUT2D eigenvalue weighted by molar-refractivity contribution is -0.388. The van der Waals surface area contributed by atoms with Crippen molar-refractivity contribution in [3.8, 4) is 11.5 Å². The summed E-state index contributed by atoms with van der Waals surface area (Å²) in [4.78, 5) is 14.1. The Morgan fingerprint density at radius 2 is 2.25 bits per heavy atom. The van der Waals surface area contributed by atoms with Gasteiger partial charge in [0.05, 0.1) is 0 Å². The summed E-state index contributed by atoms with van der Waals surface area (Å²) in [7, 11) is 1.70. The maximum absolute atomic E-state index is 10.9. The first kappa shape index (κ1) is 12.3. The maximum Gasteiger partial charge on any atom is 0.406 e. The lowest BCUT2D eigenvalue weighted by atomic mass is 10.2. The molecule has 0 saturated heterocycles. The smallest absolute Gasteiger partial charge is 0.406 e. The van der Waals surface area contributed by atoms with Crippen LogP contribution in [-0.2, 0) is 13.6 Å². The zero-order valence-electron chi connectivity index (χ0n) is 10.7. The van der Waals surface area contributed by atoms with Gasteiger partial charge in [-0.15, -0.1) is 0 Å². The maximum atomic E-state index is 10.9. The summed E-state index contributed by atoms with van der Waals surface area (Å²) in [5, 5.41) is 13.9. The summed E-state index contributed by atoms with van der Waals surface area (Å²) in [6, 6.07) is 5.54. The van der Waals surface area contributed by atoms with Gasteiger partial charge in [-0.3, -0.25) is 4.57 Å². The lowest BCUT2D eigenvalue weighted by Gasteiger charge is -2.07. The summed E-state index contributed by atoms with van der Waals surface area (Å²) < 4.78 is 12.1. The molecule has 1 aromatic heterocycles. The van der Waals surface area contributed by atoms with Crippen LogP contribution < -0.4 is 14.8 Å². The molecule has 3 rings (SSSR count). The van der Waals surface area contributed by atoms with Gasteiger partial charge in [0.15, 0.2) is 11.5 Å². The van der Waals surface area contributed by atoms with Crippen molar-refractivity contribution in [1.29, 1.82) is 0 Å². The van der Waals surface area contributed by atoms with E-state index in [1.807, 2.05) is 18.2 Å². The van der Waals surface area contributed by atoms with E-state index in [4.69, 9.17) is 9.47 Å². The number of benzene rings is 1. The highest BCUT2D eigenvalue weighted by Crippen LogP contribution is 2.32. The largest absolute Gasteiger partial charge is 0.454 e. The summed E-state index contributed by atoms with van der Waals surface area (Å²) in [5.74, 6) is 1.57. The molecule has 0 saturated carbocycles. The second-order valence-corrected chi connectivity index (χ2v) is 4.33. The molecule has 8 nitrogen and oxygen atoms in total. The van der Waals surface area contributed by atoms with Gasteiger partial charge >= 0.3 is 5.82 Å². The van der Waals surface area contributed by atoms with Gasteiger partial charge in [-0.2, -0.15) is 0 Å². The average Bonchev–Trinajstić information content (AvgIpc) is 3.02. The van der Waals surface area contributed by atoms with Gasteiger partial charge in [-0.25, -0.2) is 0 Å². The fourth-order valence-electron chi connectivity index (χ4n) is 1.99. The van der Waals surface area contributed by atoms with Crippen molar-refractivity contribution < 1.29 is 14.4 Å². The van der Waals surface area contributed by atoms with Crippen LogP contribution in [-0.4, -0.2) is 21.3 Å². The molecule has 20 heavy (non-hydrogen) atoms. The molecular weight excluding hydrogens is 264 g/mol. The molecule has 1 N–H and O–H groups in total. The third kappa shape index (κ3) is 2.11. The molecule has 0 radical (unpaired) electrons. The van der Waals surface area contributed by atoms with Gasteiger partial charge < -0.3 is 24.9 Å². The summed E-state index contributed by atoms with van der Waals surface area (Å²) in [6.07, 6.45) is 1.40. The third-order valence-electron chi connectivity index (χ3n) is 2.99. The molecule has 1 aromatic carbocycles. The number of aromatic nitrogens is 2. The van der Waals surface area contributed by atoms with Crippen LogP contribution in [0.15, 0.2) is 24.5 Å². The number of ether oxygens (including phenoxy) is 2. The quantitative estimate of drug-likeness (QED) is 0.674. The minimum absolute atomic E-state index is 0.187. The molecule has 0 atom stereocenters. The Labute approximate surface area is 114 Å². The summed E-state index contributed by atoms with van der Waals surface area (Å²) in [5.41, 5.74) is 0.935. The zero-order chi connectivity index (χ0) is 14.1. The van der Waals surface area contributed by atoms with E-state index in [1.54, 1.807) is 11.6 Å². The van der Waals surface area contributed by atoms with E-state index < -0.39 is 4.92 Å². The fraction of sp³-hybridized carbons (Fsp3) is 0.250. The Morgan fingerprint density at radius 1 is 1.45 bits per heavy atom. The van der Waals surface area contributed by atoms with Gasteiger partial charge in [-0.05, 0) is 27.6 Å². The van der Waals surface area contributed by atoms with Crippen LogP contribution in [0.1, 0.15) is 5.56 Å². The number of nitrogens with one attached hydrogen (secondary N) is 1. The van der Waals surface area contributed by atoms with E-state index in [9.17, 15) is 10.1 Å². The molecular formula is C12H12N4O4. The molecule has 104 valence electrons. The highest BCUT2D eigenvalue weighted by atomic mass is 16.7. The molecule has 8 heteroatoms. The first-order valence-electron chi connectivity index (χ1n) is 5.93. The predicted molar refractivity (Wildman–Crippen MR) is 69.8 cm³/mol. The number of anilines is 1. The number of hydrogen-bond acceptors (Lipinski definition) is 6. The second kappa shape index (κ2) is 4.72. The lowest BCUT2D eigenvalue weighted by Crippen LogP contribution is -2.05. The highest BCUT2D eigenvalue weighted by Gasteiger charge is 2.20. The number of aryl methyl sites for hydroxylation is 1. The van der Waals surface area contributed by atoms with Crippen LogP contribution in [0.4, 0.5) is 11.6 Å². The number of nitro groups is 1. The number of hydrogen-bond donors (Lipinski definition) is 1. The number of nitrogens with zero attached hydrogens (tertiary/aromatic N) is 3. The molecule has 0 unspecified atom stereocenters. The van der Waals surface area contributed by atoms with Crippen molar-refractivity contribution in [2.24, 2.45) is 7.05 Å². The molecule has 2 heterocycles. The second-order valence-electron chi connectivity index (χ2n) is 4.33. The molecule has 0 aliphatic carbocycles. The Morgan fingerprint density at radius 3 is 3.05 bits per heavy atom. The molecule has 1 aliphatic heterocycles. The van der Waals surface area contributed by atoms with Crippen LogP contribution in [0.5, 0.6) is 11.5 Å². The minimum Gasteiger partial charge on any atom is -0.454 e. The Balaban J connectivity index is 1.77. The minimum atomic E-state index is -0.512. The topological polar surface area (TPSA) is 91.5 Å². The molecule has 2 aromatic rings. The van der Waals surface area contributed by atoms with E-state index in [0.29, 0.717) is 23.9 Å². The first-order valence-corrected chi connectivity index (χ1v) is 5.93. The average molecular weight is 276 g/mol. The van der Waals surface area contributed by atoms with Crippen LogP contribution >= 0.6 is 0 Å². The van der Waals surface area contributed by atoms with Gasteiger partial charge in [0.2, 0.25) is 18.9 Å². The summed E-state index contributed by atoms with van der Waals surface area (Å²) >= 11 is 0. The molecule has 1 aliphatic rings. The number of rotatable bonds is 4. The number of fused-ring (bicyclic) bond motifs is 1. The van der Waals surface area contributed by atoms with Gasteiger partial charge in [-0.1, -0.05) is 6.07 Å². The molecule has 0 bridgehead atoms. The van der Waals surface area contributed by atoms with E-state index in [2.05, 4.69) is 10.3 Å². The third-order valence-corrected chi connectivity index (χ3v) is 2.99. The standard InChI is InChI=1S/C12H12N4O4/c1-15-6-14-12(16(17)18)11(15)13-5-8-2-3-9-10(4-8)20-7-19-9/h2-4,6,13H,5,7H2,1H3. The van der Waals surface area contributed by atoms with Crippen LogP contribution in [0.3, 0.4) is 0 Å². The van der Waals surface area contributed by atoms with E-state index in [1.165, 1.54) is 6.33 Å². The van der Waals surface area contributed by atoms with Crippen molar-refractivity contribution in [2.75, 3.05) is 12.1 Å². The van der Waals surface area contributed by atoms with E-state index in [-0.39, 0.29) is 12.6 Å². The SMILES string of the molecule is Cn1cnc([N+](=O)[O-])c1NCc1ccc2c(c1)OCO2. The highest BCUT2D eigenvalue weighted by molar-refractivity contribution is 5.53. The van der Waals surface area contributed by atoms with E-state index in [0.717, 1.165) is 5.56 Å². The van der Waals surface area contributed by atoms with Crippen LogP contribution in [0.2, 0.25) is 0 Å². The van der Waals surface area contributed by atoms with Crippen molar-refractivity contribution in [2.45, 2.75) is 6.54 Å². The van der Waals surface area contributed by atoms with Crippen molar-refractivity contribution in [1.82, 2.24) is 9.55 Å². The number of imidazole rings is 1. The summed E-state index contributed by atoms with van der Waals surface area (Å²) in [6.45, 7) is 0.649. The van der Waals surface area contributed by atoms with Crippen LogP contribution in [0.25, 0.3) is 0 Å².